The van der Waals surface area contributed by atoms with Crippen molar-refractivity contribution in [3.63, 3.8) is 0 Å². The molecule has 5 nitrogen and oxygen atoms in total. The molecule has 5 heteroatoms. The molecule has 0 aliphatic rings. The van der Waals surface area contributed by atoms with E-state index in [0.29, 0.717) is 13.0 Å². The zero-order valence-electron chi connectivity index (χ0n) is 13.0. The fraction of sp³-hybridized carbons (Fsp3) is 0.105. The van der Waals surface area contributed by atoms with E-state index in [9.17, 15) is 15.0 Å². The Morgan fingerprint density at radius 3 is 2.54 bits per heavy atom. The summed E-state index contributed by atoms with van der Waals surface area (Å²) in [6.07, 6.45) is 0.552. The second-order valence-electron chi connectivity index (χ2n) is 5.48. The number of urea groups is 1. The predicted octanol–water partition coefficient (Wildman–Crippen LogP) is 3.62. The highest BCUT2D eigenvalue weighted by atomic mass is 16.3. The monoisotopic (exact) mass is 322 g/mol. The summed E-state index contributed by atoms with van der Waals surface area (Å²) in [5.74, 6) is -0.312. The molecule has 0 fully saturated rings. The van der Waals surface area contributed by atoms with E-state index in [4.69, 9.17) is 0 Å². The molecule has 122 valence electrons. The van der Waals surface area contributed by atoms with Crippen molar-refractivity contribution in [3.8, 4) is 11.5 Å². The molecule has 0 saturated heterocycles. The van der Waals surface area contributed by atoms with Gasteiger partial charge in [-0.2, -0.15) is 0 Å². The van der Waals surface area contributed by atoms with Crippen molar-refractivity contribution in [1.29, 1.82) is 0 Å². The molecule has 0 bridgehead atoms. The fourth-order valence-electron chi connectivity index (χ4n) is 2.55. The van der Waals surface area contributed by atoms with Crippen LogP contribution in [0, 0.1) is 0 Å². The number of nitrogens with one attached hydrogen (secondary N) is 2. The van der Waals surface area contributed by atoms with Crippen molar-refractivity contribution in [2.75, 3.05) is 11.9 Å². The van der Waals surface area contributed by atoms with Gasteiger partial charge in [-0.3, -0.25) is 0 Å². The Labute approximate surface area is 139 Å². The number of carbonyl (C=O) groups excluding carboxylic acids is 1. The lowest BCUT2D eigenvalue weighted by atomic mass is 10.1. The Hall–Kier alpha value is -3.21. The average molecular weight is 322 g/mol. The van der Waals surface area contributed by atoms with Crippen LogP contribution in [0.25, 0.3) is 10.8 Å². The van der Waals surface area contributed by atoms with Gasteiger partial charge in [0.2, 0.25) is 0 Å². The van der Waals surface area contributed by atoms with Crippen LogP contribution in [0.4, 0.5) is 10.5 Å². The van der Waals surface area contributed by atoms with Crippen molar-refractivity contribution in [2.24, 2.45) is 0 Å². The Morgan fingerprint density at radius 2 is 1.71 bits per heavy atom. The van der Waals surface area contributed by atoms with E-state index in [1.165, 1.54) is 12.1 Å². The summed E-state index contributed by atoms with van der Waals surface area (Å²) in [6, 6.07) is 17.9. The maximum absolute atomic E-state index is 12.1. The van der Waals surface area contributed by atoms with Crippen LogP contribution in [0.5, 0.6) is 11.5 Å². The Balaban J connectivity index is 1.58. The number of hydrogen-bond donors (Lipinski definition) is 4. The van der Waals surface area contributed by atoms with E-state index >= 15 is 0 Å². The topological polar surface area (TPSA) is 81.6 Å². The van der Waals surface area contributed by atoms with Crippen LogP contribution < -0.4 is 10.6 Å². The van der Waals surface area contributed by atoms with Crippen molar-refractivity contribution < 1.29 is 15.0 Å². The third-order valence-electron chi connectivity index (χ3n) is 3.78. The largest absolute Gasteiger partial charge is 0.504 e. The van der Waals surface area contributed by atoms with Crippen LogP contribution in [-0.4, -0.2) is 22.8 Å². The third kappa shape index (κ3) is 3.57. The van der Waals surface area contributed by atoms with Crippen LogP contribution in [0.1, 0.15) is 5.56 Å². The van der Waals surface area contributed by atoms with Gasteiger partial charge in [0.1, 0.15) is 0 Å². The van der Waals surface area contributed by atoms with E-state index in [2.05, 4.69) is 10.6 Å². The Morgan fingerprint density at radius 1 is 0.917 bits per heavy atom. The number of fused-ring (bicyclic) bond motifs is 1. The van der Waals surface area contributed by atoms with Crippen LogP contribution in [0.3, 0.4) is 0 Å². The van der Waals surface area contributed by atoms with Gasteiger partial charge in [0.25, 0.3) is 0 Å². The smallest absolute Gasteiger partial charge is 0.319 e. The fourth-order valence-corrected chi connectivity index (χ4v) is 2.55. The molecule has 4 N–H and O–H groups in total. The SMILES string of the molecule is O=C(NCCc1ccc(O)c(O)c1)Nc1cccc2ccccc12. The second kappa shape index (κ2) is 6.91. The maximum atomic E-state index is 12.1. The maximum Gasteiger partial charge on any atom is 0.319 e. The normalized spacial score (nSPS) is 10.5. The molecule has 0 aromatic heterocycles. The number of aromatic hydroxyl groups is 2. The third-order valence-corrected chi connectivity index (χ3v) is 3.78. The number of rotatable bonds is 4. The molecule has 0 aliphatic carbocycles. The minimum Gasteiger partial charge on any atom is -0.504 e. The quantitative estimate of drug-likeness (QED) is 0.554. The lowest BCUT2D eigenvalue weighted by Crippen LogP contribution is -2.30. The standard InChI is InChI=1S/C19H18N2O3/c22-17-9-8-13(12-18(17)23)10-11-20-19(24)21-16-7-3-5-14-4-1-2-6-15(14)16/h1-9,12,22-23H,10-11H2,(H2,20,21,24). The molecule has 0 heterocycles. The molecule has 0 saturated carbocycles. The van der Waals surface area contributed by atoms with Gasteiger partial charge in [0.15, 0.2) is 11.5 Å². The number of hydrogen-bond acceptors (Lipinski definition) is 3. The first-order valence-corrected chi connectivity index (χ1v) is 7.67. The summed E-state index contributed by atoms with van der Waals surface area (Å²) in [5, 5.41) is 26.4. The number of amides is 2. The minimum atomic E-state index is -0.283. The zero-order chi connectivity index (χ0) is 16.9. The summed E-state index contributed by atoms with van der Waals surface area (Å²) in [4.78, 5) is 12.1. The van der Waals surface area contributed by atoms with Crippen LogP contribution >= 0.6 is 0 Å². The van der Waals surface area contributed by atoms with Gasteiger partial charge >= 0.3 is 6.03 Å². The summed E-state index contributed by atoms with van der Waals surface area (Å²) in [5.41, 5.74) is 1.59. The van der Waals surface area contributed by atoms with Crippen LogP contribution in [-0.2, 0) is 6.42 Å². The van der Waals surface area contributed by atoms with Crippen LogP contribution in [0.15, 0.2) is 60.7 Å². The number of phenolic OH excluding ortho intramolecular Hbond substituents is 2. The van der Waals surface area contributed by atoms with E-state index in [1.54, 1.807) is 6.07 Å². The first-order valence-electron chi connectivity index (χ1n) is 7.67. The predicted molar refractivity (Wildman–Crippen MR) is 94.4 cm³/mol. The van der Waals surface area contributed by atoms with Gasteiger partial charge in [-0.15, -0.1) is 0 Å². The van der Waals surface area contributed by atoms with Crippen molar-refractivity contribution in [1.82, 2.24) is 5.32 Å². The molecular formula is C19H18N2O3. The number of carbonyl (C=O) groups is 1. The lowest BCUT2D eigenvalue weighted by Gasteiger charge is -2.10. The van der Waals surface area contributed by atoms with E-state index < -0.39 is 0 Å². The molecule has 3 aromatic rings. The molecule has 24 heavy (non-hydrogen) atoms. The van der Waals surface area contributed by atoms with E-state index in [-0.39, 0.29) is 17.5 Å². The van der Waals surface area contributed by atoms with E-state index in [1.807, 2.05) is 42.5 Å². The van der Waals surface area contributed by atoms with Gasteiger partial charge in [0.05, 0.1) is 5.69 Å². The molecule has 0 unspecified atom stereocenters. The van der Waals surface area contributed by atoms with Crippen molar-refractivity contribution >= 4 is 22.5 Å². The second-order valence-corrected chi connectivity index (χ2v) is 5.48. The molecule has 2 amide bonds. The summed E-state index contributed by atoms with van der Waals surface area (Å²) in [6.45, 7) is 0.417. The number of phenols is 2. The first-order chi connectivity index (χ1) is 11.6. The highest BCUT2D eigenvalue weighted by molar-refractivity contribution is 6.01. The Bertz CT molecular complexity index is 872. The molecule has 3 aromatic carbocycles. The summed E-state index contributed by atoms with van der Waals surface area (Å²) < 4.78 is 0. The Kier molecular flexibility index (Phi) is 4.52. The number of anilines is 1. The molecule has 0 aliphatic heterocycles. The molecule has 0 spiro atoms. The van der Waals surface area contributed by atoms with E-state index in [0.717, 1.165) is 22.0 Å². The number of benzene rings is 3. The molecule has 0 radical (unpaired) electrons. The molecule has 3 rings (SSSR count). The van der Waals surface area contributed by atoms with Crippen LogP contribution in [0.2, 0.25) is 0 Å². The molecular weight excluding hydrogens is 304 g/mol. The highest BCUT2D eigenvalue weighted by Gasteiger charge is 2.05. The zero-order valence-corrected chi connectivity index (χ0v) is 13.0. The minimum absolute atomic E-state index is 0.152. The molecule has 0 atom stereocenters. The average Bonchev–Trinajstić information content (AvgIpc) is 2.58. The summed E-state index contributed by atoms with van der Waals surface area (Å²) >= 11 is 0. The van der Waals surface area contributed by atoms with Crippen molar-refractivity contribution in [2.45, 2.75) is 6.42 Å². The van der Waals surface area contributed by atoms with Gasteiger partial charge in [-0.05, 0) is 35.6 Å². The van der Waals surface area contributed by atoms with Gasteiger partial charge < -0.3 is 20.8 Å². The summed E-state index contributed by atoms with van der Waals surface area (Å²) in [7, 11) is 0. The van der Waals surface area contributed by atoms with Gasteiger partial charge in [0, 0.05) is 11.9 Å². The lowest BCUT2D eigenvalue weighted by molar-refractivity contribution is 0.252. The van der Waals surface area contributed by atoms with Gasteiger partial charge in [-0.25, -0.2) is 4.79 Å². The van der Waals surface area contributed by atoms with Gasteiger partial charge in [-0.1, -0.05) is 42.5 Å². The first kappa shape index (κ1) is 15.7. The highest BCUT2D eigenvalue weighted by Crippen LogP contribution is 2.25. The van der Waals surface area contributed by atoms with Crippen molar-refractivity contribution in [3.05, 3.63) is 66.2 Å².